The Balaban J connectivity index is 1.71. The van der Waals surface area contributed by atoms with E-state index in [0.717, 1.165) is 4.90 Å². The van der Waals surface area contributed by atoms with Crippen molar-refractivity contribution in [1.82, 2.24) is 9.88 Å². The third-order valence-electron chi connectivity index (χ3n) is 4.89. The van der Waals surface area contributed by atoms with E-state index >= 15 is 0 Å². The van der Waals surface area contributed by atoms with Gasteiger partial charge in [0.05, 0.1) is 11.9 Å². The molecule has 0 radical (unpaired) electrons. The van der Waals surface area contributed by atoms with E-state index in [1.165, 1.54) is 23.2 Å². The van der Waals surface area contributed by atoms with Crippen molar-refractivity contribution in [3.05, 3.63) is 98.5 Å². The van der Waals surface area contributed by atoms with Crippen LogP contribution in [0.1, 0.15) is 16.1 Å². The Bertz CT molecular complexity index is 1340. The largest absolute Gasteiger partial charge is 0.434 e. The first-order chi connectivity index (χ1) is 15.3. The zero-order valence-electron chi connectivity index (χ0n) is 16.8. The average molecular weight is 470 g/mol. The maximum atomic E-state index is 13.4. The number of hydrogen-bond acceptors (Lipinski definition) is 4. The number of urea groups is 1. The van der Waals surface area contributed by atoms with Gasteiger partial charge in [-0.15, -0.1) is 0 Å². The van der Waals surface area contributed by atoms with Crippen molar-refractivity contribution in [1.29, 1.82) is 0 Å². The number of carbonyl (C=O) groups is 2. The second kappa shape index (κ2) is 8.90. The van der Waals surface area contributed by atoms with E-state index < -0.39 is 11.9 Å². The molecule has 1 N–H and O–H groups in total. The molecular formula is C23H17Cl2N3O4. The highest BCUT2D eigenvalue weighted by Gasteiger charge is 2.29. The number of furan rings is 1. The van der Waals surface area contributed by atoms with E-state index in [4.69, 9.17) is 27.6 Å². The molecule has 0 saturated heterocycles. The van der Waals surface area contributed by atoms with Crippen LogP contribution in [-0.2, 0) is 6.54 Å². The predicted molar refractivity (Wildman–Crippen MR) is 123 cm³/mol. The molecule has 4 aromatic rings. The summed E-state index contributed by atoms with van der Waals surface area (Å²) in [6.07, 6.45) is 1.42. The number of pyridine rings is 1. The van der Waals surface area contributed by atoms with Gasteiger partial charge in [-0.05, 0) is 42.0 Å². The second-order valence-electron chi connectivity index (χ2n) is 7.03. The highest BCUT2D eigenvalue weighted by atomic mass is 35.5. The van der Waals surface area contributed by atoms with Gasteiger partial charge in [0.1, 0.15) is 0 Å². The van der Waals surface area contributed by atoms with Crippen LogP contribution in [0.25, 0.3) is 11.1 Å². The third-order valence-corrected chi connectivity index (χ3v) is 5.39. The lowest BCUT2D eigenvalue weighted by Gasteiger charge is -2.26. The average Bonchev–Trinajstić information content (AvgIpc) is 3.24. The summed E-state index contributed by atoms with van der Waals surface area (Å²) in [5.41, 5.74) is 1.10. The number of amides is 3. The minimum Gasteiger partial charge on any atom is -0.434 e. The topological polar surface area (TPSA) is 86.6 Å². The Morgan fingerprint density at radius 2 is 1.59 bits per heavy atom. The fraction of sp³-hybridized carbons (Fsp3) is 0.0870. The van der Waals surface area contributed by atoms with Crippen molar-refractivity contribution in [3.8, 4) is 0 Å². The summed E-state index contributed by atoms with van der Waals surface area (Å²) in [6.45, 7) is -0.0300. The van der Waals surface area contributed by atoms with Gasteiger partial charge in [-0.3, -0.25) is 19.4 Å². The predicted octanol–water partition coefficient (Wildman–Crippen LogP) is 5.33. The van der Waals surface area contributed by atoms with Crippen molar-refractivity contribution in [3.63, 3.8) is 0 Å². The van der Waals surface area contributed by atoms with Crippen LogP contribution in [0, 0.1) is 0 Å². The van der Waals surface area contributed by atoms with Crippen molar-refractivity contribution in [2.45, 2.75) is 6.54 Å². The maximum absolute atomic E-state index is 13.4. The quantitative estimate of drug-likeness (QED) is 0.437. The summed E-state index contributed by atoms with van der Waals surface area (Å²) >= 11 is 11.9. The lowest BCUT2D eigenvalue weighted by molar-refractivity contribution is 0.0769. The molecule has 7 nitrogen and oxygen atoms in total. The third kappa shape index (κ3) is 4.39. The van der Waals surface area contributed by atoms with Gasteiger partial charge in [0.15, 0.2) is 11.2 Å². The number of carbonyl (C=O) groups excluding carboxylic acids is 2. The van der Waals surface area contributed by atoms with E-state index in [0.29, 0.717) is 21.3 Å². The number of nitrogens with zero attached hydrogens (tertiary/aromatic N) is 2. The molecule has 4 rings (SSSR count). The molecule has 0 aliphatic carbocycles. The molecule has 2 aromatic carbocycles. The number of rotatable bonds is 4. The van der Waals surface area contributed by atoms with Gasteiger partial charge in [0.2, 0.25) is 5.71 Å². The highest BCUT2D eigenvalue weighted by molar-refractivity contribution is 6.30. The molecule has 0 fully saturated rings. The molecule has 3 amide bonds. The molecule has 0 unspecified atom stereocenters. The number of H-pyrrole nitrogens is 1. The Labute approximate surface area is 192 Å². The Morgan fingerprint density at radius 1 is 0.969 bits per heavy atom. The molecule has 0 saturated carbocycles. The highest BCUT2D eigenvalue weighted by Crippen LogP contribution is 2.22. The lowest BCUT2D eigenvalue weighted by Crippen LogP contribution is -2.44. The van der Waals surface area contributed by atoms with Crippen molar-refractivity contribution < 1.29 is 14.0 Å². The number of imide groups is 1. The molecule has 9 heteroatoms. The number of halogens is 2. The van der Waals surface area contributed by atoms with E-state index in [2.05, 4.69) is 4.98 Å². The summed E-state index contributed by atoms with van der Waals surface area (Å²) in [5.74, 6) is -0.818. The molecule has 0 atom stereocenters. The van der Waals surface area contributed by atoms with Crippen molar-refractivity contribution in [2.75, 3.05) is 11.9 Å². The van der Waals surface area contributed by atoms with Gasteiger partial charge in [-0.25, -0.2) is 4.79 Å². The van der Waals surface area contributed by atoms with Gasteiger partial charge in [-0.1, -0.05) is 35.3 Å². The first-order valence-corrected chi connectivity index (χ1v) is 10.3. The number of benzene rings is 2. The number of aromatic amines is 1. The number of hydrogen-bond donors (Lipinski definition) is 1. The standard InChI is InChI=1S/C23H17Cl2N3O4/c1-27(17-8-6-16(25)7-9-17)23(31)28(13-14-2-4-15(24)5-3-14)22(30)20-12-18-19(29)10-11-26-21(18)32-20/h2-12H,13H2,1H3,(H,26,29). The van der Waals surface area contributed by atoms with Crippen molar-refractivity contribution in [2.24, 2.45) is 0 Å². The number of aromatic nitrogens is 1. The zero-order chi connectivity index (χ0) is 22.8. The normalized spacial score (nSPS) is 10.8. The van der Waals surface area contributed by atoms with Crippen LogP contribution in [0.3, 0.4) is 0 Å². The van der Waals surface area contributed by atoms with Crippen LogP contribution in [-0.4, -0.2) is 28.9 Å². The molecule has 162 valence electrons. The molecule has 2 heterocycles. The SMILES string of the molecule is CN(C(=O)N(Cc1ccc(Cl)cc1)C(=O)c1cc2c(=O)cc[nH]c2o1)c1ccc(Cl)cc1. The maximum Gasteiger partial charge on any atom is 0.331 e. The van der Waals surface area contributed by atoms with Gasteiger partial charge in [0, 0.05) is 41.1 Å². The summed E-state index contributed by atoms with van der Waals surface area (Å²) in [4.78, 5) is 43.9. The van der Waals surface area contributed by atoms with Crippen LogP contribution < -0.4 is 10.3 Å². The van der Waals surface area contributed by atoms with Crippen molar-refractivity contribution >= 4 is 51.9 Å². The van der Waals surface area contributed by atoms with Crippen LogP contribution in [0.15, 0.2) is 76.1 Å². The molecule has 0 bridgehead atoms. The Hall–Kier alpha value is -3.55. The molecular weight excluding hydrogens is 453 g/mol. The summed E-state index contributed by atoms with van der Waals surface area (Å²) in [6, 6.07) is 15.5. The number of nitrogens with one attached hydrogen (secondary N) is 1. The van der Waals surface area contributed by atoms with Gasteiger partial charge in [-0.2, -0.15) is 0 Å². The minimum absolute atomic E-state index is 0.0300. The summed E-state index contributed by atoms with van der Waals surface area (Å²) < 4.78 is 5.54. The number of fused-ring (bicyclic) bond motifs is 1. The Morgan fingerprint density at radius 3 is 2.22 bits per heavy atom. The molecule has 0 aliphatic rings. The smallest absolute Gasteiger partial charge is 0.331 e. The molecule has 0 aliphatic heterocycles. The van der Waals surface area contributed by atoms with E-state index in [1.807, 2.05) is 0 Å². The zero-order valence-corrected chi connectivity index (χ0v) is 18.4. The summed E-state index contributed by atoms with van der Waals surface area (Å²) in [7, 11) is 1.55. The lowest BCUT2D eigenvalue weighted by atomic mass is 10.2. The number of anilines is 1. The molecule has 0 spiro atoms. The Kier molecular flexibility index (Phi) is 6.03. The van der Waals surface area contributed by atoms with Crippen LogP contribution in [0.2, 0.25) is 10.0 Å². The fourth-order valence-corrected chi connectivity index (χ4v) is 3.41. The van der Waals surface area contributed by atoms with E-state index in [9.17, 15) is 14.4 Å². The summed E-state index contributed by atoms with van der Waals surface area (Å²) in [5, 5.41) is 1.28. The minimum atomic E-state index is -0.685. The monoisotopic (exact) mass is 469 g/mol. The van der Waals surface area contributed by atoms with E-state index in [-0.39, 0.29) is 28.8 Å². The first kappa shape index (κ1) is 21.7. The second-order valence-corrected chi connectivity index (χ2v) is 7.90. The first-order valence-electron chi connectivity index (χ1n) is 9.54. The van der Waals surface area contributed by atoms with E-state index in [1.54, 1.807) is 55.6 Å². The van der Waals surface area contributed by atoms with Gasteiger partial charge in [0.25, 0.3) is 5.91 Å². The molecule has 32 heavy (non-hydrogen) atoms. The van der Waals surface area contributed by atoms with Gasteiger partial charge < -0.3 is 9.40 Å². The van der Waals surface area contributed by atoms with Gasteiger partial charge >= 0.3 is 6.03 Å². The molecule has 2 aromatic heterocycles. The van der Waals surface area contributed by atoms with Crippen LogP contribution in [0.4, 0.5) is 10.5 Å². The van der Waals surface area contributed by atoms with Crippen LogP contribution >= 0.6 is 23.2 Å². The van der Waals surface area contributed by atoms with Crippen LogP contribution in [0.5, 0.6) is 0 Å². The fourth-order valence-electron chi connectivity index (χ4n) is 3.16.